The third-order valence-corrected chi connectivity index (χ3v) is 3.25. The summed E-state index contributed by atoms with van der Waals surface area (Å²) in [7, 11) is 0. The van der Waals surface area contributed by atoms with Crippen molar-refractivity contribution in [3.05, 3.63) is 34.1 Å². The average molecular weight is 286 g/mol. The monoisotopic (exact) mass is 285 g/mol. The van der Waals surface area contributed by atoms with Crippen LogP contribution in [-0.2, 0) is 0 Å². The van der Waals surface area contributed by atoms with Gasteiger partial charge in [-0.2, -0.15) is 0 Å². The molecule has 2 N–H and O–H groups in total. The average Bonchev–Trinajstić information content (AvgIpc) is 2.59. The van der Waals surface area contributed by atoms with Crippen LogP contribution in [0.25, 0.3) is 0 Å². The van der Waals surface area contributed by atoms with E-state index < -0.39 is 0 Å². The fourth-order valence-corrected chi connectivity index (χ4v) is 2.28. The third kappa shape index (κ3) is 1.91. The van der Waals surface area contributed by atoms with Gasteiger partial charge in [0.25, 0.3) is 0 Å². The highest BCUT2D eigenvalue weighted by molar-refractivity contribution is 9.10. The molecule has 1 aliphatic heterocycles. The molecule has 0 amide bonds. The number of nitrogens with zero attached hydrogens (tertiary/aromatic N) is 2. The zero-order valence-corrected chi connectivity index (χ0v) is 10.5. The number of nitrogens with two attached hydrogens (primary N) is 1. The van der Waals surface area contributed by atoms with E-state index in [4.69, 9.17) is 5.73 Å². The van der Waals surface area contributed by atoms with Gasteiger partial charge in [-0.15, -0.1) is 0 Å². The van der Waals surface area contributed by atoms with Gasteiger partial charge in [0.05, 0.1) is 12.6 Å². The Balaban J connectivity index is 2.32. The molecule has 0 saturated carbocycles. The van der Waals surface area contributed by atoms with Crippen LogP contribution in [0.1, 0.15) is 18.5 Å². The van der Waals surface area contributed by atoms with Gasteiger partial charge in [0.1, 0.15) is 5.82 Å². The molecule has 86 valence electrons. The lowest BCUT2D eigenvalue weighted by Crippen LogP contribution is -2.36. The molecule has 0 spiro atoms. The van der Waals surface area contributed by atoms with Gasteiger partial charge in [-0.25, -0.2) is 4.39 Å². The summed E-state index contributed by atoms with van der Waals surface area (Å²) in [6.45, 7) is 3.24. The number of aliphatic imine (C=N–C) groups is 1. The number of benzene rings is 1. The molecule has 16 heavy (non-hydrogen) atoms. The van der Waals surface area contributed by atoms with Crippen molar-refractivity contribution in [2.45, 2.75) is 13.0 Å². The molecule has 5 heteroatoms. The van der Waals surface area contributed by atoms with Crippen molar-refractivity contribution in [2.24, 2.45) is 10.7 Å². The van der Waals surface area contributed by atoms with Gasteiger partial charge in [-0.05, 0) is 19.1 Å². The largest absolute Gasteiger partial charge is 0.370 e. The Morgan fingerprint density at radius 3 is 3.00 bits per heavy atom. The first-order chi connectivity index (χ1) is 7.63. The number of guanidine groups is 1. The second kappa shape index (κ2) is 4.41. The van der Waals surface area contributed by atoms with Crippen molar-refractivity contribution in [2.75, 3.05) is 13.1 Å². The lowest BCUT2D eigenvalue weighted by Gasteiger charge is -2.25. The van der Waals surface area contributed by atoms with E-state index >= 15 is 0 Å². The molecule has 0 fully saturated rings. The van der Waals surface area contributed by atoms with Crippen LogP contribution in [0, 0.1) is 5.82 Å². The third-order valence-electron chi connectivity index (χ3n) is 2.76. The van der Waals surface area contributed by atoms with Crippen LogP contribution in [0.5, 0.6) is 0 Å². The first-order valence-electron chi connectivity index (χ1n) is 5.15. The van der Waals surface area contributed by atoms with E-state index in [1.165, 1.54) is 6.07 Å². The maximum atomic E-state index is 13.8. The second-order valence-corrected chi connectivity index (χ2v) is 4.58. The Hall–Kier alpha value is -1.10. The highest BCUT2D eigenvalue weighted by Gasteiger charge is 2.28. The van der Waals surface area contributed by atoms with Crippen LogP contribution in [0.4, 0.5) is 4.39 Å². The van der Waals surface area contributed by atoms with E-state index in [9.17, 15) is 4.39 Å². The first-order valence-corrected chi connectivity index (χ1v) is 5.94. The zero-order valence-electron chi connectivity index (χ0n) is 8.95. The minimum absolute atomic E-state index is 0.0712. The summed E-state index contributed by atoms with van der Waals surface area (Å²) < 4.78 is 14.5. The smallest absolute Gasteiger partial charge is 0.191 e. The molecule has 1 atom stereocenters. The van der Waals surface area contributed by atoms with Crippen LogP contribution >= 0.6 is 15.9 Å². The second-order valence-electron chi connectivity index (χ2n) is 3.67. The van der Waals surface area contributed by atoms with Crippen molar-refractivity contribution < 1.29 is 4.39 Å². The van der Waals surface area contributed by atoms with Crippen molar-refractivity contribution >= 4 is 21.9 Å². The topological polar surface area (TPSA) is 41.6 Å². The molecule has 1 aromatic carbocycles. The summed E-state index contributed by atoms with van der Waals surface area (Å²) in [6, 6.07) is 5.01. The van der Waals surface area contributed by atoms with E-state index in [1.807, 2.05) is 17.9 Å². The quantitative estimate of drug-likeness (QED) is 0.906. The highest BCUT2D eigenvalue weighted by Crippen LogP contribution is 2.28. The van der Waals surface area contributed by atoms with Crippen molar-refractivity contribution in [3.8, 4) is 0 Å². The van der Waals surface area contributed by atoms with E-state index in [2.05, 4.69) is 20.9 Å². The molecule has 0 bridgehead atoms. The van der Waals surface area contributed by atoms with Crippen molar-refractivity contribution in [1.82, 2.24) is 4.90 Å². The normalized spacial score (nSPS) is 20.1. The van der Waals surface area contributed by atoms with E-state index in [0.29, 0.717) is 18.1 Å². The number of halogens is 2. The molecule has 0 saturated heterocycles. The number of rotatable bonds is 2. The van der Waals surface area contributed by atoms with Gasteiger partial charge in [0.15, 0.2) is 5.96 Å². The molecule has 0 aromatic heterocycles. The predicted molar refractivity (Wildman–Crippen MR) is 65.7 cm³/mol. The van der Waals surface area contributed by atoms with Gasteiger partial charge >= 0.3 is 0 Å². The van der Waals surface area contributed by atoms with Gasteiger partial charge in [-0.3, -0.25) is 4.99 Å². The molecule has 1 aliphatic rings. The molecular weight excluding hydrogens is 273 g/mol. The Kier molecular flexibility index (Phi) is 3.14. The van der Waals surface area contributed by atoms with E-state index in [-0.39, 0.29) is 11.9 Å². The summed E-state index contributed by atoms with van der Waals surface area (Å²) in [4.78, 5) is 6.06. The summed E-state index contributed by atoms with van der Waals surface area (Å²) in [5, 5.41) is 0. The minimum atomic E-state index is -0.220. The van der Waals surface area contributed by atoms with Gasteiger partial charge in [-0.1, -0.05) is 22.0 Å². The van der Waals surface area contributed by atoms with Crippen LogP contribution in [-0.4, -0.2) is 23.9 Å². The standard InChI is InChI=1S/C11H13BrFN3/c1-2-16-10(6-15-11(16)14)8-4-3-7(12)5-9(8)13/h3-5,10H,2,6H2,1H3,(H2,14,15). The Bertz CT molecular complexity index is 433. The maximum Gasteiger partial charge on any atom is 0.191 e. The molecule has 3 nitrogen and oxygen atoms in total. The Morgan fingerprint density at radius 1 is 1.62 bits per heavy atom. The van der Waals surface area contributed by atoms with E-state index in [1.54, 1.807) is 6.07 Å². The molecular formula is C11H13BrFN3. The summed E-state index contributed by atoms with van der Waals surface area (Å²) >= 11 is 3.24. The summed E-state index contributed by atoms with van der Waals surface area (Å²) in [6.07, 6.45) is 0. The summed E-state index contributed by atoms with van der Waals surface area (Å²) in [5.74, 6) is 0.276. The van der Waals surface area contributed by atoms with Gasteiger partial charge < -0.3 is 10.6 Å². The Morgan fingerprint density at radius 2 is 2.38 bits per heavy atom. The molecule has 1 heterocycles. The van der Waals surface area contributed by atoms with Gasteiger partial charge in [0.2, 0.25) is 0 Å². The number of likely N-dealkylation sites (N-methyl/N-ethyl adjacent to an activating group) is 1. The molecule has 2 rings (SSSR count). The first kappa shape index (κ1) is 11.4. The van der Waals surface area contributed by atoms with Crippen LogP contribution in [0.2, 0.25) is 0 Å². The SMILES string of the molecule is CCN1C(N)=NCC1c1ccc(Br)cc1F. The van der Waals surface area contributed by atoms with Gasteiger partial charge in [0, 0.05) is 16.6 Å². The Labute approximate surface area is 102 Å². The lowest BCUT2D eigenvalue weighted by molar-refractivity contribution is 0.354. The summed E-state index contributed by atoms with van der Waals surface area (Å²) in [5.41, 5.74) is 6.39. The molecule has 0 radical (unpaired) electrons. The van der Waals surface area contributed by atoms with Crippen LogP contribution in [0.3, 0.4) is 0 Å². The van der Waals surface area contributed by atoms with Crippen LogP contribution in [0.15, 0.2) is 27.7 Å². The van der Waals surface area contributed by atoms with Crippen LogP contribution < -0.4 is 5.73 Å². The van der Waals surface area contributed by atoms with Crippen molar-refractivity contribution in [3.63, 3.8) is 0 Å². The number of hydrogen-bond acceptors (Lipinski definition) is 3. The fraction of sp³-hybridized carbons (Fsp3) is 0.364. The zero-order chi connectivity index (χ0) is 11.7. The molecule has 1 unspecified atom stereocenters. The number of hydrogen-bond donors (Lipinski definition) is 1. The maximum absolute atomic E-state index is 13.8. The lowest BCUT2D eigenvalue weighted by atomic mass is 10.1. The highest BCUT2D eigenvalue weighted by atomic mass is 79.9. The molecule has 1 aromatic rings. The van der Waals surface area contributed by atoms with E-state index in [0.717, 1.165) is 11.0 Å². The molecule has 0 aliphatic carbocycles. The predicted octanol–water partition coefficient (Wildman–Crippen LogP) is 2.28. The van der Waals surface area contributed by atoms with Crippen molar-refractivity contribution in [1.29, 1.82) is 0 Å². The minimum Gasteiger partial charge on any atom is -0.370 e. The fourth-order valence-electron chi connectivity index (χ4n) is 1.95.